The topological polar surface area (TPSA) is 85.5 Å². The molecule has 0 amide bonds. The summed E-state index contributed by atoms with van der Waals surface area (Å²) < 4.78 is 10.4. The maximum absolute atomic E-state index is 10.4. The van der Waals surface area contributed by atoms with Crippen LogP contribution in [-0.2, 0) is 4.79 Å². The van der Waals surface area contributed by atoms with Gasteiger partial charge < -0.3 is 14.4 Å². The first-order valence-electron chi connectivity index (χ1n) is 5.60. The molecule has 0 spiro atoms. The minimum atomic E-state index is -0.928. The molecule has 0 aliphatic heterocycles. The molecule has 1 heterocycles. The summed E-state index contributed by atoms with van der Waals surface area (Å²) in [5, 5.41) is 12.6. The van der Waals surface area contributed by atoms with Crippen LogP contribution in [0.4, 0.5) is 0 Å². The molecule has 2 rings (SSSR count). The van der Waals surface area contributed by atoms with E-state index in [0.717, 1.165) is 23.1 Å². The number of carboxylic acids is 1. The smallest absolute Gasteiger partial charge is 0.314 e. The van der Waals surface area contributed by atoms with Crippen LogP contribution < -0.4 is 4.74 Å². The molecule has 100 valence electrons. The van der Waals surface area contributed by atoms with Gasteiger partial charge in [0, 0.05) is 5.56 Å². The number of aromatic nitrogens is 2. The highest BCUT2D eigenvalue weighted by Crippen LogP contribution is 2.24. The minimum Gasteiger partial charge on any atom is -0.494 e. The zero-order chi connectivity index (χ0) is 13.7. The highest BCUT2D eigenvalue weighted by atomic mass is 32.2. The molecule has 1 N–H and O–H groups in total. The van der Waals surface area contributed by atoms with E-state index >= 15 is 0 Å². The third-order valence-corrected chi connectivity index (χ3v) is 2.93. The number of ether oxygens (including phenoxy) is 1. The standard InChI is InChI=1S/C12H12N2O4S/c1-2-17-9-5-3-4-8(6-9)11-13-12(18-14-11)19-7-10(15)16/h3-6H,2,7H2,1H3,(H,15,16). The molecule has 0 fully saturated rings. The molecular weight excluding hydrogens is 268 g/mol. The van der Waals surface area contributed by atoms with Crippen molar-refractivity contribution in [3.63, 3.8) is 0 Å². The lowest BCUT2D eigenvalue weighted by atomic mass is 10.2. The van der Waals surface area contributed by atoms with Crippen LogP contribution in [-0.4, -0.2) is 33.6 Å². The summed E-state index contributed by atoms with van der Waals surface area (Å²) in [5.74, 6) is 0.0998. The zero-order valence-electron chi connectivity index (χ0n) is 10.2. The van der Waals surface area contributed by atoms with Crippen molar-refractivity contribution < 1.29 is 19.2 Å². The van der Waals surface area contributed by atoms with E-state index in [1.807, 2.05) is 25.1 Å². The number of hydrogen-bond acceptors (Lipinski definition) is 6. The van der Waals surface area contributed by atoms with E-state index in [9.17, 15) is 4.79 Å². The molecule has 7 heteroatoms. The van der Waals surface area contributed by atoms with Gasteiger partial charge in [-0.2, -0.15) is 4.98 Å². The Hall–Kier alpha value is -2.02. The number of thioether (sulfide) groups is 1. The van der Waals surface area contributed by atoms with Gasteiger partial charge in [-0.05, 0) is 19.1 Å². The van der Waals surface area contributed by atoms with Crippen molar-refractivity contribution in [2.75, 3.05) is 12.4 Å². The van der Waals surface area contributed by atoms with Gasteiger partial charge in [-0.15, -0.1) is 0 Å². The SMILES string of the molecule is CCOc1cccc(-c2noc(SCC(=O)O)n2)c1. The second kappa shape index (κ2) is 6.24. The van der Waals surface area contributed by atoms with Gasteiger partial charge in [-0.25, -0.2) is 0 Å². The molecule has 19 heavy (non-hydrogen) atoms. The molecule has 0 aliphatic rings. The van der Waals surface area contributed by atoms with Crippen LogP contribution in [0.1, 0.15) is 6.92 Å². The average Bonchev–Trinajstić information content (AvgIpc) is 2.86. The Morgan fingerprint density at radius 3 is 3.11 bits per heavy atom. The lowest BCUT2D eigenvalue weighted by Crippen LogP contribution is -1.97. The van der Waals surface area contributed by atoms with Crippen LogP contribution in [0, 0.1) is 0 Å². The molecule has 0 unspecified atom stereocenters. The van der Waals surface area contributed by atoms with Crippen molar-refractivity contribution in [1.29, 1.82) is 0 Å². The average molecular weight is 280 g/mol. The van der Waals surface area contributed by atoms with E-state index in [0.29, 0.717) is 12.4 Å². The van der Waals surface area contributed by atoms with Gasteiger partial charge in [0.15, 0.2) is 0 Å². The Morgan fingerprint density at radius 2 is 2.37 bits per heavy atom. The second-order valence-corrected chi connectivity index (χ2v) is 4.45. The highest BCUT2D eigenvalue weighted by Gasteiger charge is 2.11. The molecule has 0 saturated heterocycles. The highest BCUT2D eigenvalue weighted by molar-refractivity contribution is 7.99. The summed E-state index contributed by atoms with van der Waals surface area (Å²) in [6, 6.07) is 7.31. The maximum Gasteiger partial charge on any atom is 0.314 e. The Labute approximate surface area is 113 Å². The van der Waals surface area contributed by atoms with Gasteiger partial charge in [0.2, 0.25) is 5.82 Å². The van der Waals surface area contributed by atoms with Gasteiger partial charge in [-0.3, -0.25) is 4.79 Å². The predicted octanol–water partition coefficient (Wildman–Crippen LogP) is 2.31. The van der Waals surface area contributed by atoms with Gasteiger partial charge in [0.1, 0.15) is 11.5 Å². The van der Waals surface area contributed by atoms with Crippen molar-refractivity contribution in [2.45, 2.75) is 12.1 Å². The summed E-state index contributed by atoms with van der Waals surface area (Å²) in [6.45, 7) is 2.48. The van der Waals surface area contributed by atoms with Crippen molar-refractivity contribution in [2.24, 2.45) is 0 Å². The Morgan fingerprint density at radius 1 is 1.53 bits per heavy atom. The number of rotatable bonds is 6. The summed E-state index contributed by atoms with van der Waals surface area (Å²) >= 11 is 0.987. The third kappa shape index (κ3) is 3.72. The van der Waals surface area contributed by atoms with Crippen molar-refractivity contribution in [3.8, 4) is 17.1 Å². The normalized spacial score (nSPS) is 10.4. The monoisotopic (exact) mass is 280 g/mol. The predicted molar refractivity (Wildman–Crippen MR) is 69.3 cm³/mol. The molecule has 0 aliphatic carbocycles. The van der Waals surface area contributed by atoms with Crippen LogP contribution in [0.15, 0.2) is 34.0 Å². The molecule has 0 radical (unpaired) electrons. The Balaban J connectivity index is 2.13. The Bertz CT molecular complexity index is 570. The fourth-order valence-corrected chi connectivity index (χ4v) is 1.89. The number of carboxylic acid groups (broad SMARTS) is 1. The molecule has 6 nitrogen and oxygen atoms in total. The molecule has 0 bridgehead atoms. The van der Waals surface area contributed by atoms with E-state index in [4.69, 9.17) is 14.4 Å². The largest absolute Gasteiger partial charge is 0.494 e. The lowest BCUT2D eigenvalue weighted by molar-refractivity contribution is -0.133. The van der Waals surface area contributed by atoms with Crippen LogP contribution >= 0.6 is 11.8 Å². The summed E-state index contributed by atoms with van der Waals surface area (Å²) in [5.41, 5.74) is 0.761. The molecule has 1 aromatic carbocycles. The van der Waals surface area contributed by atoms with Crippen molar-refractivity contribution >= 4 is 17.7 Å². The molecule has 1 aromatic heterocycles. The molecular formula is C12H12N2O4S. The molecule has 2 aromatic rings. The maximum atomic E-state index is 10.4. The van der Waals surface area contributed by atoms with E-state index in [1.165, 1.54) is 0 Å². The van der Waals surface area contributed by atoms with Crippen LogP contribution in [0.5, 0.6) is 5.75 Å². The minimum absolute atomic E-state index is 0.110. The third-order valence-electron chi connectivity index (χ3n) is 2.13. The summed E-state index contributed by atoms with van der Waals surface area (Å²) in [7, 11) is 0. The fourth-order valence-electron chi connectivity index (χ4n) is 1.40. The van der Waals surface area contributed by atoms with Crippen LogP contribution in [0.2, 0.25) is 0 Å². The van der Waals surface area contributed by atoms with Crippen molar-refractivity contribution in [1.82, 2.24) is 10.1 Å². The van der Waals surface area contributed by atoms with E-state index in [2.05, 4.69) is 10.1 Å². The molecule has 0 atom stereocenters. The lowest BCUT2D eigenvalue weighted by Gasteiger charge is -2.02. The first-order chi connectivity index (χ1) is 9.19. The van der Waals surface area contributed by atoms with Gasteiger partial charge in [-0.1, -0.05) is 29.1 Å². The number of benzene rings is 1. The first kappa shape index (κ1) is 13.4. The number of aliphatic carboxylic acids is 1. The number of nitrogens with zero attached hydrogens (tertiary/aromatic N) is 2. The summed E-state index contributed by atoms with van der Waals surface area (Å²) in [6.07, 6.45) is 0. The van der Waals surface area contributed by atoms with Crippen molar-refractivity contribution in [3.05, 3.63) is 24.3 Å². The first-order valence-corrected chi connectivity index (χ1v) is 6.59. The Kier molecular flexibility index (Phi) is 4.40. The van der Waals surface area contributed by atoms with E-state index < -0.39 is 5.97 Å². The summed E-state index contributed by atoms with van der Waals surface area (Å²) in [4.78, 5) is 14.6. The van der Waals surface area contributed by atoms with Crippen LogP contribution in [0.3, 0.4) is 0 Å². The number of hydrogen-bond donors (Lipinski definition) is 1. The zero-order valence-corrected chi connectivity index (χ0v) is 11.0. The second-order valence-electron chi connectivity index (χ2n) is 3.53. The van der Waals surface area contributed by atoms with E-state index in [-0.39, 0.29) is 11.0 Å². The quantitative estimate of drug-likeness (QED) is 0.812. The number of carbonyl (C=O) groups is 1. The van der Waals surface area contributed by atoms with Gasteiger partial charge >= 0.3 is 5.97 Å². The fraction of sp³-hybridized carbons (Fsp3) is 0.250. The van der Waals surface area contributed by atoms with Gasteiger partial charge in [0.25, 0.3) is 5.22 Å². The van der Waals surface area contributed by atoms with Gasteiger partial charge in [0.05, 0.1) is 6.61 Å². The van der Waals surface area contributed by atoms with E-state index in [1.54, 1.807) is 6.07 Å². The van der Waals surface area contributed by atoms with Crippen LogP contribution in [0.25, 0.3) is 11.4 Å². The molecule has 0 saturated carbocycles.